The molecule has 0 fully saturated rings. The number of hydrogen-bond acceptors (Lipinski definition) is 4. The lowest BCUT2D eigenvalue weighted by Gasteiger charge is -2.10. The first-order valence-electron chi connectivity index (χ1n) is 3.73. The molecule has 0 aromatic carbocycles. The molecule has 5 heteroatoms. The molecule has 0 aliphatic heterocycles. The van der Waals surface area contributed by atoms with Gasteiger partial charge in [0.1, 0.15) is 17.0 Å². The molecule has 0 aliphatic rings. The van der Waals surface area contributed by atoms with Crippen LogP contribution in [0.1, 0.15) is 24.4 Å². The highest BCUT2D eigenvalue weighted by atomic mass is 35.5. The van der Waals surface area contributed by atoms with Gasteiger partial charge < -0.3 is 4.74 Å². The quantitative estimate of drug-likeness (QED) is 0.697. The average Bonchev–Trinajstić information content (AvgIpc) is 2.09. The summed E-state index contributed by atoms with van der Waals surface area (Å²) in [6, 6.07) is 0. The second kappa shape index (κ2) is 4.18. The lowest BCUT2D eigenvalue weighted by molar-refractivity contribution is -0.133. The molecule has 0 N–H and O–H groups in total. The highest BCUT2D eigenvalue weighted by Crippen LogP contribution is 2.17. The Labute approximate surface area is 80.9 Å². The van der Waals surface area contributed by atoms with Crippen molar-refractivity contribution in [3.8, 4) is 0 Å². The van der Waals surface area contributed by atoms with Crippen LogP contribution in [0.25, 0.3) is 0 Å². The van der Waals surface area contributed by atoms with E-state index in [1.165, 1.54) is 6.20 Å². The van der Waals surface area contributed by atoms with Crippen LogP contribution in [-0.2, 0) is 9.53 Å². The van der Waals surface area contributed by atoms with Crippen LogP contribution in [0, 0.1) is 6.92 Å². The van der Waals surface area contributed by atoms with Gasteiger partial charge in [-0.2, -0.15) is 0 Å². The summed E-state index contributed by atoms with van der Waals surface area (Å²) in [5.74, 6) is 0. The summed E-state index contributed by atoms with van der Waals surface area (Å²) in [6.45, 7) is 3.87. The molecule has 0 radical (unpaired) electrons. The molecule has 0 spiro atoms. The molecule has 0 saturated heterocycles. The molecular weight excluding hydrogens is 192 g/mol. The molecular formula is C8H9ClN2O2. The molecule has 13 heavy (non-hydrogen) atoms. The van der Waals surface area contributed by atoms with E-state index in [1.54, 1.807) is 13.8 Å². The van der Waals surface area contributed by atoms with Crippen molar-refractivity contribution in [3.05, 3.63) is 22.7 Å². The highest BCUT2D eigenvalue weighted by molar-refractivity contribution is 6.29. The smallest absolute Gasteiger partial charge is 0.293 e. The molecule has 0 saturated carbocycles. The third-order valence-corrected chi connectivity index (χ3v) is 1.79. The predicted octanol–water partition coefficient (Wildman–Crippen LogP) is 1.67. The lowest BCUT2D eigenvalue weighted by Crippen LogP contribution is -2.05. The van der Waals surface area contributed by atoms with Crippen molar-refractivity contribution < 1.29 is 9.53 Å². The minimum absolute atomic E-state index is 0.293. The SMILES string of the molecule is Cc1ncc(Cl)nc1C(C)OC=O. The summed E-state index contributed by atoms with van der Waals surface area (Å²) in [7, 11) is 0. The van der Waals surface area contributed by atoms with Gasteiger partial charge in [0.15, 0.2) is 0 Å². The van der Waals surface area contributed by atoms with Gasteiger partial charge in [0.2, 0.25) is 0 Å². The van der Waals surface area contributed by atoms with Crippen LogP contribution in [0.3, 0.4) is 0 Å². The maximum Gasteiger partial charge on any atom is 0.293 e. The third kappa shape index (κ3) is 2.39. The summed E-state index contributed by atoms with van der Waals surface area (Å²) < 4.78 is 4.72. The van der Waals surface area contributed by atoms with Gasteiger partial charge in [-0.15, -0.1) is 0 Å². The van der Waals surface area contributed by atoms with Crippen molar-refractivity contribution in [2.75, 3.05) is 0 Å². The fourth-order valence-corrected chi connectivity index (χ4v) is 1.11. The van der Waals surface area contributed by atoms with Gasteiger partial charge in [0, 0.05) is 0 Å². The van der Waals surface area contributed by atoms with Crippen LogP contribution in [-0.4, -0.2) is 16.4 Å². The number of carbonyl (C=O) groups is 1. The van der Waals surface area contributed by atoms with Gasteiger partial charge in [-0.1, -0.05) is 11.6 Å². The third-order valence-electron chi connectivity index (χ3n) is 1.61. The molecule has 0 aliphatic carbocycles. The monoisotopic (exact) mass is 200 g/mol. The maximum absolute atomic E-state index is 10.1. The normalized spacial score (nSPS) is 12.2. The number of halogens is 1. The molecule has 1 heterocycles. The van der Waals surface area contributed by atoms with E-state index in [0.29, 0.717) is 23.0 Å². The fourth-order valence-electron chi connectivity index (χ4n) is 0.974. The zero-order valence-electron chi connectivity index (χ0n) is 7.32. The number of carbonyl (C=O) groups excluding carboxylic acids is 1. The van der Waals surface area contributed by atoms with E-state index in [1.807, 2.05) is 0 Å². The van der Waals surface area contributed by atoms with Gasteiger partial charge in [0.05, 0.1) is 11.9 Å². The van der Waals surface area contributed by atoms with E-state index in [4.69, 9.17) is 16.3 Å². The Balaban J connectivity index is 2.97. The first-order chi connectivity index (χ1) is 6.15. The van der Waals surface area contributed by atoms with Crippen molar-refractivity contribution in [3.63, 3.8) is 0 Å². The van der Waals surface area contributed by atoms with Gasteiger partial charge in [-0.3, -0.25) is 9.78 Å². The van der Waals surface area contributed by atoms with Crippen LogP contribution in [0.2, 0.25) is 5.15 Å². The molecule has 1 aromatic heterocycles. The summed E-state index contributed by atoms with van der Waals surface area (Å²) >= 11 is 5.64. The fraction of sp³-hybridized carbons (Fsp3) is 0.375. The Bertz CT molecular complexity index is 317. The van der Waals surface area contributed by atoms with Gasteiger partial charge in [-0.25, -0.2) is 4.98 Å². The van der Waals surface area contributed by atoms with Crippen LogP contribution >= 0.6 is 11.6 Å². The van der Waals surface area contributed by atoms with Crippen LogP contribution in [0.5, 0.6) is 0 Å². The average molecular weight is 201 g/mol. The largest absolute Gasteiger partial charge is 0.458 e. The van der Waals surface area contributed by atoms with Crippen LogP contribution < -0.4 is 0 Å². The number of aryl methyl sites for hydroxylation is 1. The minimum Gasteiger partial charge on any atom is -0.458 e. The van der Waals surface area contributed by atoms with E-state index in [2.05, 4.69) is 9.97 Å². The summed E-state index contributed by atoms with van der Waals surface area (Å²) in [4.78, 5) is 18.1. The predicted molar refractivity (Wildman–Crippen MR) is 47.3 cm³/mol. The Hall–Kier alpha value is -1.16. The second-order valence-corrected chi connectivity index (χ2v) is 2.93. The van der Waals surface area contributed by atoms with Crippen LogP contribution in [0.4, 0.5) is 0 Å². The van der Waals surface area contributed by atoms with E-state index in [0.717, 1.165) is 0 Å². The molecule has 0 bridgehead atoms. The topological polar surface area (TPSA) is 52.1 Å². The zero-order valence-corrected chi connectivity index (χ0v) is 8.08. The highest BCUT2D eigenvalue weighted by Gasteiger charge is 2.11. The van der Waals surface area contributed by atoms with Gasteiger partial charge in [0.25, 0.3) is 6.47 Å². The summed E-state index contributed by atoms with van der Waals surface area (Å²) in [5.41, 5.74) is 1.29. The molecule has 70 valence electrons. The molecule has 0 amide bonds. The first-order valence-corrected chi connectivity index (χ1v) is 4.11. The number of hydrogen-bond donors (Lipinski definition) is 0. The van der Waals surface area contributed by atoms with Crippen molar-refractivity contribution in [1.82, 2.24) is 9.97 Å². The maximum atomic E-state index is 10.1. The van der Waals surface area contributed by atoms with Crippen LogP contribution in [0.15, 0.2) is 6.20 Å². The van der Waals surface area contributed by atoms with Crippen molar-refractivity contribution in [2.45, 2.75) is 20.0 Å². The second-order valence-electron chi connectivity index (χ2n) is 2.54. The first kappa shape index (κ1) is 9.92. The van der Waals surface area contributed by atoms with Crippen molar-refractivity contribution in [2.24, 2.45) is 0 Å². The molecule has 1 atom stereocenters. The Kier molecular flexibility index (Phi) is 3.19. The number of nitrogens with zero attached hydrogens (tertiary/aromatic N) is 2. The molecule has 1 aromatic rings. The lowest BCUT2D eigenvalue weighted by atomic mass is 10.2. The number of rotatable bonds is 3. The summed E-state index contributed by atoms with van der Waals surface area (Å²) in [6.07, 6.45) is 1.04. The van der Waals surface area contributed by atoms with Crippen molar-refractivity contribution >= 4 is 18.1 Å². The van der Waals surface area contributed by atoms with Crippen molar-refractivity contribution in [1.29, 1.82) is 0 Å². The Morgan fingerprint density at radius 3 is 3.00 bits per heavy atom. The Morgan fingerprint density at radius 1 is 1.69 bits per heavy atom. The standard InChI is InChI=1S/C8H9ClN2O2/c1-5-8(6(2)13-4-12)11-7(9)3-10-5/h3-4,6H,1-2H3. The molecule has 4 nitrogen and oxygen atoms in total. The Morgan fingerprint density at radius 2 is 2.38 bits per heavy atom. The summed E-state index contributed by atoms with van der Waals surface area (Å²) in [5, 5.41) is 0.293. The van der Waals surface area contributed by atoms with Gasteiger partial charge >= 0.3 is 0 Å². The molecule has 1 rings (SSSR count). The van der Waals surface area contributed by atoms with Gasteiger partial charge in [-0.05, 0) is 13.8 Å². The zero-order chi connectivity index (χ0) is 9.84. The molecule has 1 unspecified atom stereocenters. The number of aromatic nitrogens is 2. The van der Waals surface area contributed by atoms with E-state index in [9.17, 15) is 4.79 Å². The number of ether oxygens (including phenoxy) is 1. The van der Waals surface area contributed by atoms with E-state index in [-0.39, 0.29) is 0 Å². The minimum atomic E-state index is -0.413. The van der Waals surface area contributed by atoms with E-state index >= 15 is 0 Å². The van der Waals surface area contributed by atoms with E-state index < -0.39 is 6.10 Å².